The predicted molar refractivity (Wildman–Crippen MR) is 142 cm³/mol. The second-order valence-electron chi connectivity index (χ2n) is 9.24. The van der Waals surface area contributed by atoms with Crippen LogP contribution in [0.3, 0.4) is 0 Å². The summed E-state index contributed by atoms with van der Waals surface area (Å²) in [4.78, 5) is 30.5. The van der Waals surface area contributed by atoms with Crippen LogP contribution in [0.5, 0.6) is 0 Å². The number of rotatable bonds is 5. The van der Waals surface area contributed by atoms with Gasteiger partial charge < -0.3 is 25.8 Å². The van der Waals surface area contributed by atoms with Gasteiger partial charge in [0.2, 0.25) is 11.9 Å². The van der Waals surface area contributed by atoms with Crippen molar-refractivity contribution < 1.29 is 18.0 Å². The molecule has 3 N–H and O–H groups in total. The van der Waals surface area contributed by atoms with Gasteiger partial charge in [0, 0.05) is 42.7 Å². The van der Waals surface area contributed by atoms with Crippen molar-refractivity contribution in [2.24, 2.45) is 0 Å². The second-order valence-corrected chi connectivity index (χ2v) is 9.64. The lowest BCUT2D eigenvalue weighted by Gasteiger charge is -2.38. The molecule has 2 aromatic carbocycles. The summed E-state index contributed by atoms with van der Waals surface area (Å²) in [5.74, 6) is 1.52. The fourth-order valence-electron chi connectivity index (χ4n) is 4.16. The third-order valence-electron chi connectivity index (χ3n) is 6.09. The number of nitrogens with zero attached hydrogens (tertiary/aromatic N) is 5. The molecule has 2 amide bonds. The number of likely N-dealkylation sites (N-methyl/N-ethyl adjacent to an activating group) is 1. The van der Waals surface area contributed by atoms with Crippen molar-refractivity contribution in [3.05, 3.63) is 58.4 Å². The quantitative estimate of drug-likeness (QED) is 0.377. The van der Waals surface area contributed by atoms with E-state index in [-0.39, 0.29) is 11.7 Å². The molecule has 0 radical (unpaired) electrons. The molecule has 38 heavy (non-hydrogen) atoms. The predicted octanol–water partition coefficient (Wildman–Crippen LogP) is 5.69. The van der Waals surface area contributed by atoms with Gasteiger partial charge in [-0.05, 0) is 63.7 Å². The molecular weight excluding hydrogens is 521 g/mol. The Morgan fingerprint density at radius 3 is 2.39 bits per heavy atom. The molecule has 4 rings (SSSR count). The Kier molecular flexibility index (Phi) is 7.93. The van der Waals surface area contributed by atoms with Crippen molar-refractivity contribution in [3.8, 4) is 0 Å². The molecule has 1 aromatic heterocycles. The van der Waals surface area contributed by atoms with Crippen molar-refractivity contribution >= 4 is 46.6 Å². The van der Waals surface area contributed by atoms with E-state index in [9.17, 15) is 18.0 Å². The van der Waals surface area contributed by atoms with Crippen molar-refractivity contribution in [3.63, 3.8) is 0 Å². The summed E-state index contributed by atoms with van der Waals surface area (Å²) in [5, 5.41) is 7.78. The highest BCUT2D eigenvalue weighted by atomic mass is 35.5. The number of hydrogen-bond donors (Lipinski definition) is 3. The molecule has 13 heteroatoms. The number of carbonyl (C=O) groups excluding carboxylic acids is 1. The molecule has 1 unspecified atom stereocenters. The smallest absolute Gasteiger partial charge is 0.335 e. The lowest BCUT2D eigenvalue weighted by atomic mass is 10.2. The van der Waals surface area contributed by atoms with Gasteiger partial charge in [0.15, 0.2) is 0 Å². The second kappa shape index (κ2) is 11.0. The highest BCUT2D eigenvalue weighted by Gasteiger charge is 2.33. The molecule has 0 aliphatic carbocycles. The van der Waals surface area contributed by atoms with Crippen molar-refractivity contribution in [2.75, 3.05) is 47.5 Å². The van der Waals surface area contributed by atoms with E-state index in [4.69, 9.17) is 11.6 Å². The van der Waals surface area contributed by atoms with E-state index in [2.05, 4.69) is 54.7 Å². The Morgan fingerprint density at radius 2 is 1.71 bits per heavy atom. The summed E-state index contributed by atoms with van der Waals surface area (Å²) < 4.78 is 39.4. The molecule has 0 saturated carbocycles. The van der Waals surface area contributed by atoms with Crippen molar-refractivity contribution in [1.82, 2.24) is 19.9 Å². The van der Waals surface area contributed by atoms with Crippen LogP contribution in [0.15, 0.2) is 36.4 Å². The number of carbonyl (C=O) groups is 1. The van der Waals surface area contributed by atoms with E-state index < -0.39 is 22.8 Å². The van der Waals surface area contributed by atoms with Gasteiger partial charge in [0.1, 0.15) is 5.82 Å². The Morgan fingerprint density at radius 1 is 1.03 bits per heavy atom. The van der Waals surface area contributed by atoms with Gasteiger partial charge in [0.05, 0.1) is 10.6 Å². The molecule has 3 aromatic rings. The zero-order chi connectivity index (χ0) is 27.6. The van der Waals surface area contributed by atoms with Crippen LogP contribution in [-0.4, -0.2) is 58.6 Å². The maximum absolute atomic E-state index is 13.1. The summed E-state index contributed by atoms with van der Waals surface area (Å²) in [6.45, 7) is 8.41. The Balaban J connectivity index is 1.48. The van der Waals surface area contributed by atoms with E-state index in [0.29, 0.717) is 29.1 Å². The van der Waals surface area contributed by atoms with Gasteiger partial charge in [0.25, 0.3) is 0 Å². The van der Waals surface area contributed by atoms with Gasteiger partial charge in [-0.2, -0.15) is 28.1 Å². The van der Waals surface area contributed by atoms with Crippen LogP contribution in [0, 0.1) is 13.8 Å². The lowest BCUT2D eigenvalue weighted by Crippen LogP contribution is -2.51. The summed E-state index contributed by atoms with van der Waals surface area (Å²) >= 11 is 5.65. The fourth-order valence-corrected chi connectivity index (χ4v) is 4.38. The average molecular weight is 549 g/mol. The third-order valence-corrected chi connectivity index (χ3v) is 6.42. The van der Waals surface area contributed by atoms with Gasteiger partial charge in [-0.15, -0.1) is 0 Å². The molecule has 0 spiro atoms. The Labute approximate surface area is 223 Å². The van der Waals surface area contributed by atoms with Gasteiger partial charge in [-0.3, -0.25) is 0 Å². The fraction of sp³-hybridized carbons (Fsp3) is 0.360. The summed E-state index contributed by atoms with van der Waals surface area (Å²) in [7, 11) is 2.08. The van der Waals surface area contributed by atoms with Crippen LogP contribution in [-0.2, 0) is 6.18 Å². The van der Waals surface area contributed by atoms with E-state index in [1.807, 2.05) is 6.92 Å². The number of alkyl halides is 3. The number of aryl methyl sites for hydroxylation is 2. The van der Waals surface area contributed by atoms with Crippen LogP contribution >= 0.6 is 11.6 Å². The molecule has 1 aliphatic heterocycles. The lowest BCUT2D eigenvalue weighted by molar-refractivity contribution is -0.137. The topological polar surface area (TPSA) is 98.3 Å². The van der Waals surface area contributed by atoms with Crippen molar-refractivity contribution in [2.45, 2.75) is 33.0 Å². The number of piperazine rings is 1. The summed E-state index contributed by atoms with van der Waals surface area (Å²) in [5.41, 5.74) is 0.861. The van der Waals surface area contributed by atoms with E-state index in [1.54, 1.807) is 25.1 Å². The van der Waals surface area contributed by atoms with E-state index in [1.165, 1.54) is 6.07 Å². The first-order chi connectivity index (χ1) is 17.9. The van der Waals surface area contributed by atoms with E-state index >= 15 is 0 Å². The van der Waals surface area contributed by atoms with E-state index in [0.717, 1.165) is 37.3 Å². The average Bonchev–Trinajstić information content (AvgIpc) is 2.81. The highest BCUT2D eigenvalue weighted by Crippen LogP contribution is 2.36. The van der Waals surface area contributed by atoms with Crippen LogP contribution < -0.4 is 20.9 Å². The zero-order valence-electron chi connectivity index (χ0n) is 21.3. The van der Waals surface area contributed by atoms with Gasteiger partial charge >= 0.3 is 12.2 Å². The van der Waals surface area contributed by atoms with Crippen LogP contribution in [0.4, 0.5) is 46.9 Å². The number of benzene rings is 2. The normalized spacial score (nSPS) is 16.3. The Bertz CT molecular complexity index is 1340. The minimum absolute atomic E-state index is 0.0454. The monoisotopic (exact) mass is 548 g/mol. The molecule has 1 saturated heterocycles. The molecule has 1 fully saturated rings. The molecule has 1 atom stereocenters. The van der Waals surface area contributed by atoms with Gasteiger partial charge in [-0.25, -0.2) is 4.79 Å². The first-order valence-electron chi connectivity index (χ1n) is 11.9. The standard InChI is InChI=1S/C25H28ClF3N8O/c1-14-5-6-18(33-24(38)32-17-7-8-20(26)19(11-17)25(27,28)29)12-21(14)34-22-30-16(3)31-23(35-22)37-10-9-36(4)13-15(37)2/h5-8,11-12,15H,9-10,13H2,1-4H3,(H2,32,33,38)(H,30,31,34,35). The van der Waals surface area contributed by atoms with Crippen LogP contribution in [0.2, 0.25) is 5.02 Å². The van der Waals surface area contributed by atoms with Gasteiger partial charge in [-0.1, -0.05) is 17.7 Å². The maximum Gasteiger partial charge on any atom is 0.417 e. The number of halogens is 4. The molecule has 2 heterocycles. The highest BCUT2D eigenvalue weighted by molar-refractivity contribution is 6.31. The first kappa shape index (κ1) is 27.4. The number of hydrogen-bond acceptors (Lipinski definition) is 7. The SMILES string of the molecule is Cc1nc(Nc2cc(NC(=O)Nc3ccc(Cl)c(C(F)(F)F)c3)ccc2C)nc(N2CCN(C)CC2C)n1. The largest absolute Gasteiger partial charge is 0.417 e. The zero-order valence-corrected chi connectivity index (χ0v) is 22.1. The molecule has 0 bridgehead atoms. The summed E-state index contributed by atoms with van der Waals surface area (Å²) in [6, 6.07) is 7.85. The minimum atomic E-state index is -4.64. The maximum atomic E-state index is 13.1. The number of anilines is 5. The minimum Gasteiger partial charge on any atom is -0.335 e. The van der Waals surface area contributed by atoms with Crippen molar-refractivity contribution in [1.29, 1.82) is 0 Å². The third kappa shape index (κ3) is 6.62. The molecule has 9 nitrogen and oxygen atoms in total. The molecular formula is C25H28ClF3N8O. The summed E-state index contributed by atoms with van der Waals surface area (Å²) in [6.07, 6.45) is -4.64. The number of amides is 2. The van der Waals surface area contributed by atoms with Crippen LogP contribution in [0.25, 0.3) is 0 Å². The number of aromatic nitrogens is 3. The molecule has 202 valence electrons. The molecule has 1 aliphatic rings. The van der Waals surface area contributed by atoms with Crippen LogP contribution in [0.1, 0.15) is 23.9 Å². The number of urea groups is 1. The first-order valence-corrected chi connectivity index (χ1v) is 12.3. The Hall–Kier alpha value is -3.64. The number of nitrogens with one attached hydrogen (secondary N) is 3.